The maximum absolute atomic E-state index is 12.5. The molecule has 0 spiro atoms. The molecule has 0 atom stereocenters. The molecule has 29 heavy (non-hydrogen) atoms. The number of nitrogens with zero attached hydrogens (tertiary/aromatic N) is 4. The second-order valence-electron chi connectivity index (χ2n) is 6.91. The van der Waals surface area contributed by atoms with E-state index in [9.17, 15) is 14.4 Å². The number of pyridine rings is 2. The Morgan fingerprint density at radius 2 is 2.03 bits per heavy atom. The Kier molecular flexibility index (Phi) is 6.33. The van der Waals surface area contributed by atoms with E-state index in [0.29, 0.717) is 42.8 Å². The van der Waals surface area contributed by atoms with Crippen molar-refractivity contribution in [2.75, 3.05) is 32.5 Å². The summed E-state index contributed by atoms with van der Waals surface area (Å²) in [7, 11) is 3.25. The van der Waals surface area contributed by atoms with Crippen LogP contribution in [0.5, 0.6) is 0 Å². The minimum absolute atomic E-state index is 0.0318. The number of allylic oxidation sites excluding steroid dienone is 1. The number of rotatable bonds is 6. The fourth-order valence-electron chi connectivity index (χ4n) is 3.16. The lowest BCUT2D eigenvalue weighted by Gasteiger charge is -2.32. The average molecular weight is 393 g/mol. The molecule has 0 radical (unpaired) electrons. The summed E-state index contributed by atoms with van der Waals surface area (Å²) < 4.78 is 0. The molecule has 0 saturated carbocycles. The number of aldehydes is 1. The molecule has 2 amide bonds. The fraction of sp³-hybridized carbons (Fsp3) is 0.286. The summed E-state index contributed by atoms with van der Waals surface area (Å²) in [6.07, 6.45) is 5.30. The topological polar surface area (TPSA) is 95.5 Å². The van der Waals surface area contributed by atoms with Gasteiger partial charge in [-0.3, -0.25) is 19.4 Å². The molecular formula is C21H23N5O3. The average Bonchev–Trinajstić information content (AvgIpc) is 2.74. The van der Waals surface area contributed by atoms with Gasteiger partial charge in [0, 0.05) is 44.2 Å². The van der Waals surface area contributed by atoms with Gasteiger partial charge in [-0.1, -0.05) is 6.07 Å². The van der Waals surface area contributed by atoms with Crippen LogP contribution in [-0.4, -0.2) is 65.1 Å². The van der Waals surface area contributed by atoms with E-state index in [4.69, 9.17) is 0 Å². The molecule has 0 aliphatic carbocycles. The smallest absolute Gasteiger partial charge is 0.270 e. The SMILES string of the molecule is CN(C)C(=O)C1=C(C=O)CCCN1CC(=O)Nc1ccc(-c2ccccn2)cn1. The molecule has 8 heteroatoms. The normalized spacial score (nSPS) is 13.8. The zero-order chi connectivity index (χ0) is 20.8. The van der Waals surface area contributed by atoms with Crippen LogP contribution in [0.3, 0.4) is 0 Å². The standard InChI is InChI=1S/C21H23N5O3/c1-25(2)21(29)20-16(14-27)6-5-11-26(20)13-19(28)24-18-9-8-15(12-23-18)17-7-3-4-10-22-17/h3-4,7-10,12,14H,5-6,11,13H2,1-2H3,(H,23,24,28). The molecule has 1 aliphatic heterocycles. The molecule has 3 rings (SSSR count). The molecule has 2 aromatic heterocycles. The third kappa shape index (κ3) is 4.84. The Labute approximate surface area is 169 Å². The number of amides is 2. The van der Waals surface area contributed by atoms with E-state index < -0.39 is 0 Å². The lowest BCUT2D eigenvalue weighted by molar-refractivity contribution is -0.127. The molecule has 8 nitrogen and oxygen atoms in total. The summed E-state index contributed by atoms with van der Waals surface area (Å²) in [5, 5.41) is 2.74. The van der Waals surface area contributed by atoms with Crippen LogP contribution >= 0.6 is 0 Å². The van der Waals surface area contributed by atoms with Crippen LogP contribution in [0.4, 0.5) is 5.82 Å². The van der Waals surface area contributed by atoms with E-state index in [0.717, 1.165) is 11.3 Å². The van der Waals surface area contributed by atoms with Gasteiger partial charge < -0.3 is 15.1 Å². The van der Waals surface area contributed by atoms with Crippen LogP contribution in [0.1, 0.15) is 12.8 Å². The molecule has 0 fully saturated rings. The first-order valence-electron chi connectivity index (χ1n) is 9.32. The molecule has 1 aliphatic rings. The summed E-state index contributed by atoms with van der Waals surface area (Å²) in [5.74, 6) is -0.177. The molecule has 3 heterocycles. The van der Waals surface area contributed by atoms with Gasteiger partial charge in [0.1, 0.15) is 17.8 Å². The Bertz CT molecular complexity index is 923. The maximum atomic E-state index is 12.5. The first-order valence-corrected chi connectivity index (χ1v) is 9.32. The van der Waals surface area contributed by atoms with E-state index in [1.54, 1.807) is 37.5 Å². The zero-order valence-electron chi connectivity index (χ0n) is 16.5. The highest BCUT2D eigenvalue weighted by molar-refractivity contribution is 6.00. The number of hydrogen-bond donors (Lipinski definition) is 1. The van der Waals surface area contributed by atoms with Crippen molar-refractivity contribution in [3.63, 3.8) is 0 Å². The third-order valence-electron chi connectivity index (χ3n) is 4.57. The molecule has 1 N–H and O–H groups in total. The molecule has 2 aromatic rings. The molecule has 0 bridgehead atoms. The number of carbonyl (C=O) groups excluding carboxylic acids is 3. The summed E-state index contributed by atoms with van der Waals surface area (Å²) >= 11 is 0. The molecule has 0 saturated heterocycles. The number of likely N-dealkylation sites (N-methyl/N-ethyl adjacent to an activating group) is 1. The summed E-state index contributed by atoms with van der Waals surface area (Å²) in [6.45, 7) is 0.502. The van der Waals surface area contributed by atoms with Crippen molar-refractivity contribution in [3.05, 3.63) is 54.0 Å². The number of anilines is 1. The molecular weight excluding hydrogens is 370 g/mol. The lowest BCUT2D eigenvalue weighted by atomic mass is 10.0. The molecule has 0 aromatic carbocycles. The van der Waals surface area contributed by atoms with Crippen LogP contribution in [0.25, 0.3) is 11.3 Å². The minimum Gasteiger partial charge on any atom is -0.357 e. The predicted octanol–water partition coefficient (Wildman–Crippen LogP) is 1.72. The first kappa shape index (κ1) is 20.2. The fourth-order valence-corrected chi connectivity index (χ4v) is 3.16. The Hall–Kier alpha value is -3.55. The minimum atomic E-state index is -0.306. The van der Waals surface area contributed by atoms with Gasteiger partial charge in [-0.15, -0.1) is 0 Å². The summed E-state index contributed by atoms with van der Waals surface area (Å²) in [5.41, 5.74) is 2.37. The monoisotopic (exact) mass is 393 g/mol. The second kappa shape index (κ2) is 9.09. The van der Waals surface area contributed by atoms with E-state index >= 15 is 0 Å². The highest BCUT2D eigenvalue weighted by Crippen LogP contribution is 2.22. The first-order chi connectivity index (χ1) is 14.0. The zero-order valence-corrected chi connectivity index (χ0v) is 16.5. The van der Waals surface area contributed by atoms with E-state index in [-0.39, 0.29) is 18.4 Å². The van der Waals surface area contributed by atoms with Crippen LogP contribution in [-0.2, 0) is 14.4 Å². The number of hydrogen-bond acceptors (Lipinski definition) is 6. The van der Waals surface area contributed by atoms with Crippen LogP contribution in [0, 0.1) is 0 Å². The van der Waals surface area contributed by atoms with Gasteiger partial charge >= 0.3 is 0 Å². The van der Waals surface area contributed by atoms with Crippen molar-refractivity contribution < 1.29 is 14.4 Å². The van der Waals surface area contributed by atoms with Crippen molar-refractivity contribution in [1.29, 1.82) is 0 Å². The Balaban J connectivity index is 1.69. The van der Waals surface area contributed by atoms with Crippen molar-refractivity contribution >= 4 is 23.9 Å². The largest absolute Gasteiger partial charge is 0.357 e. The maximum Gasteiger partial charge on any atom is 0.270 e. The van der Waals surface area contributed by atoms with Gasteiger partial charge in [-0.25, -0.2) is 4.98 Å². The number of carbonyl (C=O) groups is 3. The van der Waals surface area contributed by atoms with Gasteiger partial charge in [0.25, 0.3) is 5.91 Å². The van der Waals surface area contributed by atoms with Crippen molar-refractivity contribution in [3.8, 4) is 11.3 Å². The lowest BCUT2D eigenvalue weighted by Crippen LogP contribution is -2.42. The van der Waals surface area contributed by atoms with Gasteiger partial charge in [0.15, 0.2) is 0 Å². The van der Waals surface area contributed by atoms with Gasteiger partial charge in [-0.2, -0.15) is 0 Å². The second-order valence-corrected chi connectivity index (χ2v) is 6.91. The quantitative estimate of drug-likeness (QED) is 0.751. The molecule has 0 unspecified atom stereocenters. The van der Waals surface area contributed by atoms with E-state index in [1.807, 2.05) is 24.3 Å². The highest BCUT2D eigenvalue weighted by atomic mass is 16.2. The van der Waals surface area contributed by atoms with Gasteiger partial charge in [0.05, 0.1) is 12.2 Å². The van der Waals surface area contributed by atoms with Gasteiger partial charge in [-0.05, 0) is 37.1 Å². The predicted molar refractivity (Wildman–Crippen MR) is 109 cm³/mol. The van der Waals surface area contributed by atoms with Gasteiger partial charge in [0.2, 0.25) is 5.91 Å². The molecule has 150 valence electrons. The van der Waals surface area contributed by atoms with E-state index in [2.05, 4.69) is 15.3 Å². The van der Waals surface area contributed by atoms with Crippen LogP contribution in [0.15, 0.2) is 54.0 Å². The Morgan fingerprint density at radius 3 is 2.66 bits per heavy atom. The summed E-state index contributed by atoms with van der Waals surface area (Å²) in [4.78, 5) is 48.0. The third-order valence-corrected chi connectivity index (χ3v) is 4.57. The number of nitrogens with one attached hydrogen (secondary N) is 1. The summed E-state index contributed by atoms with van der Waals surface area (Å²) in [6, 6.07) is 9.15. The van der Waals surface area contributed by atoms with Crippen LogP contribution in [0.2, 0.25) is 0 Å². The van der Waals surface area contributed by atoms with Crippen LogP contribution < -0.4 is 5.32 Å². The highest BCUT2D eigenvalue weighted by Gasteiger charge is 2.28. The van der Waals surface area contributed by atoms with E-state index in [1.165, 1.54) is 4.90 Å². The van der Waals surface area contributed by atoms with Crippen molar-refractivity contribution in [2.45, 2.75) is 12.8 Å². The van der Waals surface area contributed by atoms with Crippen molar-refractivity contribution in [2.24, 2.45) is 0 Å². The Morgan fingerprint density at radius 1 is 1.21 bits per heavy atom. The number of aromatic nitrogens is 2. The van der Waals surface area contributed by atoms with Crippen molar-refractivity contribution in [1.82, 2.24) is 19.8 Å².